The third-order valence-electron chi connectivity index (χ3n) is 7.19. The number of anilines is 2. The molecule has 0 atom stereocenters. The second-order valence-electron chi connectivity index (χ2n) is 9.99. The number of nitrogens with one attached hydrogen (secondary N) is 2. The lowest BCUT2D eigenvalue weighted by molar-refractivity contribution is 0.0690. The predicted octanol–water partition coefficient (Wildman–Crippen LogP) is 5.23. The molecule has 3 N–H and O–H groups in total. The summed E-state index contributed by atoms with van der Waals surface area (Å²) < 4.78 is 5.49. The molecule has 188 valence electrons. The smallest absolute Gasteiger partial charge is 0.354 e. The molecule has 0 unspecified atom stereocenters. The van der Waals surface area contributed by atoms with Gasteiger partial charge in [0.1, 0.15) is 11.6 Å². The molecule has 0 spiro atoms. The molecule has 8 heteroatoms. The second kappa shape index (κ2) is 11.2. The molecule has 1 saturated heterocycles. The topological polar surface area (TPSA) is 111 Å². The Labute approximate surface area is 207 Å². The number of pyridine rings is 2. The molecule has 8 nitrogen and oxygen atoms in total. The van der Waals surface area contributed by atoms with Gasteiger partial charge in [-0.3, -0.25) is 0 Å². The van der Waals surface area contributed by atoms with Crippen LogP contribution in [0.15, 0.2) is 24.4 Å². The van der Waals surface area contributed by atoms with Crippen molar-refractivity contribution < 1.29 is 14.6 Å². The van der Waals surface area contributed by atoms with Gasteiger partial charge in [0, 0.05) is 55.4 Å². The zero-order valence-corrected chi connectivity index (χ0v) is 21.0. The van der Waals surface area contributed by atoms with E-state index >= 15 is 0 Å². The first-order valence-electron chi connectivity index (χ1n) is 12.8. The third kappa shape index (κ3) is 5.81. The first-order valence-corrected chi connectivity index (χ1v) is 12.8. The van der Waals surface area contributed by atoms with Crippen molar-refractivity contribution in [2.75, 3.05) is 30.5 Å². The molecule has 3 heterocycles. The van der Waals surface area contributed by atoms with Crippen LogP contribution in [0.4, 0.5) is 11.6 Å². The molecule has 35 heavy (non-hydrogen) atoms. The summed E-state index contributed by atoms with van der Waals surface area (Å²) in [5.41, 5.74) is 2.55. The average Bonchev–Trinajstić information content (AvgIpc) is 2.88. The molecule has 0 radical (unpaired) electrons. The van der Waals surface area contributed by atoms with E-state index in [0.717, 1.165) is 63.1 Å². The van der Waals surface area contributed by atoms with Crippen LogP contribution < -0.4 is 10.2 Å². The van der Waals surface area contributed by atoms with Crippen LogP contribution in [0, 0.1) is 11.3 Å². The van der Waals surface area contributed by atoms with Crippen molar-refractivity contribution in [3.05, 3.63) is 35.7 Å². The number of hydrogen-bond acceptors (Lipinski definition) is 7. The van der Waals surface area contributed by atoms with Gasteiger partial charge in [0.25, 0.3) is 0 Å². The molecule has 1 aliphatic carbocycles. The minimum Gasteiger partial charge on any atom is -0.477 e. The SMILES string of the molecule is CC(C)C(=N)c1c(-c2ccc(N(C)C3CCOCC3)nc2)cc(C(=O)O)nc1NC1CCCCC1. The molecule has 0 aromatic carbocycles. The molecule has 2 aliphatic rings. The highest BCUT2D eigenvalue weighted by atomic mass is 16.5. The Bertz CT molecular complexity index is 1040. The van der Waals surface area contributed by atoms with Crippen LogP contribution in [0.3, 0.4) is 0 Å². The minimum absolute atomic E-state index is 0.0259. The van der Waals surface area contributed by atoms with Crippen LogP contribution in [0.5, 0.6) is 0 Å². The lowest BCUT2D eigenvalue weighted by atomic mass is 9.91. The van der Waals surface area contributed by atoms with Crippen LogP contribution >= 0.6 is 0 Å². The Morgan fingerprint density at radius 3 is 2.49 bits per heavy atom. The van der Waals surface area contributed by atoms with Gasteiger partial charge >= 0.3 is 5.97 Å². The van der Waals surface area contributed by atoms with E-state index in [1.54, 1.807) is 12.3 Å². The lowest BCUT2D eigenvalue weighted by Crippen LogP contribution is -2.37. The van der Waals surface area contributed by atoms with Gasteiger partial charge in [-0.2, -0.15) is 0 Å². The van der Waals surface area contributed by atoms with Gasteiger partial charge in [0.05, 0.1) is 0 Å². The third-order valence-corrected chi connectivity index (χ3v) is 7.19. The first-order chi connectivity index (χ1) is 16.8. The summed E-state index contributed by atoms with van der Waals surface area (Å²) in [6.45, 7) is 5.48. The molecule has 1 aliphatic heterocycles. The summed E-state index contributed by atoms with van der Waals surface area (Å²) in [6, 6.07) is 6.15. The highest BCUT2D eigenvalue weighted by molar-refractivity contribution is 6.09. The van der Waals surface area contributed by atoms with Crippen molar-refractivity contribution in [3.63, 3.8) is 0 Å². The summed E-state index contributed by atoms with van der Waals surface area (Å²) >= 11 is 0. The number of ether oxygens (including phenoxy) is 1. The van der Waals surface area contributed by atoms with Gasteiger partial charge < -0.3 is 25.5 Å². The first kappa shape index (κ1) is 25.1. The Kier molecular flexibility index (Phi) is 8.00. The Balaban J connectivity index is 1.74. The number of nitrogens with zero attached hydrogens (tertiary/aromatic N) is 3. The van der Waals surface area contributed by atoms with E-state index in [0.29, 0.717) is 28.7 Å². The standard InChI is InChI=1S/C27H37N5O3/c1-17(2)25(28)24-21(15-22(27(33)34)31-26(24)30-19-7-5-4-6-8-19)18-9-10-23(29-16-18)32(3)20-11-13-35-14-12-20/h9-10,15-17,19-20,28H,4-8,11-14H2,1-3H3,(H,30,31)(H,33,34). The van der Waals surface area contributed by atoms with E-state index in [1.165, 1.54) is 6.42 Å². The Hall–Kier alpha value is -3.00. The highest BCUT2D eigenvalue weighted by Crippen LogP contribution is 2.34. The summed E-state index contributed by atoms with van der Waals surface area (Å²) in [5.74, 6) is 0.248. The fourth-order valence-corrected chi connectivity index (χ4v) is 5.00. The van der Waals surface area contributed by atoms with E-state index in [1.807, 2.05) is 26.0 Å². The summed E-state index contributed by atoms with van der Waals surface area (Å²) in [4.78, 5) is 23.4. The average molecular weight is 480 g/mol. The molecule has 0 bridgehead atoms. The molecular weight excluding hydrogens is 442 g/mol. The molecule has 4 rings (SSSR count). The number of carboxylic acid groups (broad SMARTS) is 1. The van der Waals surface area contributed by atoms with Crippen molar-refractivity contribution in [2.24, 2.45) is 5.92 Å². The molecule has 2 fully saturated rings. The van der Waals surface area contributed by atoms with Crippen molar-refractivity contribution in [1.82, 2.24) is 9.97 Å². The normalized spacial score (nSPS) is 17.4. The second-order valence-corrected chi connectivity index (χ2v) is 9.99. The van der Waals surface area contributed by atoms with Crippen LogP contribution in [0.25, 0.3) is 11.1 Å². The van der Waals surface area contributed by atoms with Gasteiger partial charge in [-0.15, -0.1) is 0 Å². The number of aromatic nitrogens is 2. The zero-order valence-electron chi connectivity index (χ0n) is 21.0. The Morgan fingerprint density at radius 2 is 1.89 bits per heavy atom. The largest absolute Gasteiger partial charge is 0.477 e. The number of carboxylic acids is 1. The predicted molar refractivity (Wildman–Crippen MR) is 139 cm³/mol. The van der Waals surface area contributed by atoms with Crippen molar-refractivity contribution >= 4 is 23.3 Å². The number of hydrogen-bond donors (Lipinski definition) is 3. The quantitative estimate of drug-likeness (QED) is 0.445. The lowest BCUT2D eigenvalue weighted by Gasteiger charge is -2.32. The van der Waals surface area contributed by atoms with E-state index in [4.69, 9.17) is 15.1 Å². The maximum Gasteiger partial charge on any atom is 0.354 e. The van der Waals surface area contributed by atoms with Gasteiger partial charge in [-0.05, 0) is 55.4 Å². The summed E-state index contributed by atoms with van der Waals surface area (Å²) in [5, 5.41) is 22.2. The number of rotatable bonds is 8. The van der Waals surface area contributed by atoms with E-state index in [9.17, 15) is 9.90 Å². The fourth-order valence-electron chi connectivity index (χ4n) is 5.00. The minimum atomic E-state index is -1.08. The van der Waals surface area contributed by atoms with Crippen molar-refractivity contribution in [3.8, 4) is 11.1 Å². The number of aromatic carboxylic acids is 1. The monoisotopic (exact) mass is 479 g/mol. The van der Waals surface area contributed by atoms with E-state index in [2.05, 4.69) is 22.2 Å². The molecule has 2 aromatic rings. The molecular formula is C27H37N5O3. The zero-order chi connectivity index (χ0) is 24.9. The summed E-state index contributed by atoms with van der Waals surface area (Å²) in [7, 11) is 2.05. The number of carbonyl (C=O) groups is 1. The van der Waals surface area contributed by atoms with E-state index in [-0.39, 0.29) is 17.7 Å². The maximum atomic E-state index is 12.0. The maximum absolute atomic E-state index is 12.0. The molecule has 1 saturated carbocycles. The fraction of sp³-hybridized carbons (Fsp3) is 0.556. The van der Waals surface area contributed by atoms with Crippen molar-refractivity contribution in [1.29, 1.82) is 5.41 Å². The summed E-state index contributed by atoms with van der Waals surface area (Å²) in [6.07, 6.45) is 9.29. The van der Waals surface area contributed by atoms with Crippen LogP contribution in [-0.4, -0.2) is 59.1 Å². The van der Waals surface area contributed by atoms with Gasteiger partial charge in [-0.25, -0.2) is 14.8 Å². The van der Waals surface area contributed by atoms with Crippen molar-refractivity contribution in [2.45, 2.75) is 70.9 Å². The van der Waals surface area contributed by atoms with Gasteiger partial charge in [0.2, 0.25) is 0 Å². The van der Waals surface area contributed by atoms with Gasteiger partial charge in [0.15, 0.2) is 5.69 Å². The molecule has 0 amide bonds. The van der Waals surface area contributed by atoms with Crippen LogP contribution in [-0.2, 0) is 4.74 Å². The molecule has 2 aromatic heterocycles. The van der Waals surface area contributed by atoms with E-state index < -0.39 is 5.97 Å². The van der Waals surface area contributed by atoms with Crippen LogP contribution in [0.2, 0.25) is 0 Å². The van der Waals surface area contributed by atoms with Gasteiger partial charge in [-0.1, -0.05) is 33.1 Å². The Morgan fingerprint density at radius 1 is 1.17 bits per heavy atom. The van der Waals surface area contributed by atoms with Crippen LogP contribution in [0.1, 0.15) is 74.8 Å². The highest BCUT2D eigenvalue weighted by Gasteiger charge is 2.25.